The molecule has 0 aliphatic carbocycles. The van der Waals surface area contributed by atoms with Crippen molar-refractivity contribution in [3.8, 4) is 11.8 Å². The maximum Gasteiger partial charge on any atom is 0.263 e. The number of ether oxygens (including phenoxy) is 1. The molecule has 2 aromatic rings. The molecule has 0 unspecified atom stereocenters. The first-order valence-electron chi connectivity index (χ1n) is 5.83. The van der Waals surface area contributed by atoms with Crippen LogP contribution in [0.15, 0.2) is 52.3 Å². The van der Waals surface area contributed by atoms with E-state index in [1.165, 1.54) is 18.2 Å². The van der Waals surface area contributed by atoms with Gasteiger partial charge >= 0.3 is 0 Å². The molecule has 0 spiro atoms. The summed E-state index contributed by atoms with van der Waals surface area (Å²) >= 11 is 0. The van der Waals surface area contributed by atoms with Gasteiger partial charge in [0.15, 0.2) is 6.61 Å². The van der Waals surface area contributed by atoms with Crippen molar-refractivity contribution in [2.45, 2.75) is 4.90 Å². The van der Waals surface area contributed by atoms with Gasteiger partial charge in [0, 0.05) is 18.0 Å². The molecule has 0 radical (unpaired) electrons. The fraction of sp³-hybridized carbons (Fsp3) is 0.0769. The summed E-state index contributed by atoms with van der Waals surface area (Å²) < 4.78 is 31.6. The van der Waals surface area contributed by atoms with Gasteiger partial charge in [-0.25, -0.2) is 8.42 Å². The van der Waals surface area contributed by atoms with Crippen LogP contribution in [0.1, 0.15) is 0 Å². The highest BCUT2D eigenvalue weighted by Crippen LogP contribution is 2.18. The Kier molecular flexibility index (Phi) is 4.25. The third-order valence-electron chi connectivity index (χ3n) is 2.48. The Morgan fingerprint density at radius 3 is 2.48 bits per heavy atom. The summed E-state index contributed by atoms with van der Waals surface area (Å²) in [6.07, 6.45) is 1.12. The Labute approximate surface area is 120 Å². The predicted molar refractivity (Wildman–Crippen MR) is 75.4 cm³/mol. The van der Waals surface area contributed by atoms with Crippen LogP contribution in [0.25, 0.3) is 0 Å². The smallest absolute Gasteiger partial charge is 0.263 e. The minimum atomic E-state index is -3.77. The van der Waals surface area contributed by atoms with Crippen LogP contribution in [0.4, 0.5) is 5.69 Å². The van der Waals surface area contributed by atoms with Crippen molar-refractivity contribution < 1.29 is 13.2 Å². The van der Waals surface area contributed by atoms with Crippen LogP contribution in [0.5, 0.6) is 5.75 Å². The number of nitriles is 1. The normalized spacial score (nSPS) is 10.6. The first kappa shape index (κ1) is 14.6. The lowest BCUT2D eigenvalue weighted by molar-refractivity contribution is 0.368. The highest BCUT2D eigenvalue weighted by Gasteiger charge is 2.14. The second-order valence-electron chi connectivity index (χ2n) is 3.97. The molecule has 0 saturated carbocycles. The number of anilines is 1. The van der Waals surface area contributed by atoms with Gasteiger partial charge in [-0.3, -0.25) is 9.52 Å². The Morgan fingerprint density at radius 2 is 1.90 bits per heavy atom. The number of nitrogens with zero attached hydrogens (tertiary/aromatic N) is 1. The first-order chi connectivity index (χ1) is 10.0. The zero-order valence-corrected chi connectivity index (χ0v) is 11.6. The van der Waals surface area contributed by atoms with Gasteiger partial charge in [0.1, 0.15) is 16.7 Å². The van der Waals surface area contributed by atoms with E-state index in [4.69, 9.17) is 10.00 Å². The number of rotatable bonds is 5. The standard InChI is InChI=1S/C13H11N3O4S/c14-7-8-20-11-3-1-10(2-4-11)16-21(18,19)12-5-6-13(17)15-9-12/h1-6,9,16H,8H2,(H,15,17). The van der Waals surface area contributed by atoms with Gasteiger partial charge in [-0.1, -0.05) is 0 Å². The second-order valence-corrected chi connectivity index (χ2v) is 5.65. The number of sulfonamides is 1. The van der Waals surface area contributed by atoms with Crippen LogP contribution in [0.3, 0.4) is 0 Å². The van der Waals surface area contributed by atoms with Crippen molar-refractivity contribution in [2.24, 2.45) is 0 Å². The molecular formula is C13H11N3O4S. The highest BCUT2D eigenvalue weighted by atomic mass is 32.2. The minimum absolute atomic E-state index is 0.0492. The van der Waals surface area contributed by atoms with Crippen molar-refractivity contribution in [3.05, 3.63) is 52.9 Å². The molecule has 0 saturated heterocycles. The van der Waals surface area contributed by atoms with E-state index in [9.17, 15) is 13.2 Å². The van der Waals surface area contributed by atoms with Gasteiger partial charge < -0.3 is 9.72 Å². The number of aromatic amines is 1. The monoisotopic (exact) mass is 305 g/mol. The van der Waals surface area contributed by atoms with Crippen molar-refractivity contribution >= 4 is 15.7 Å². The molecule has 21 heavy (non-hydrogen) atoms. The van der Waals surface area contributed by atoms with Crippen molar-refractivity contribution in [2.75, 3.05) is 11.3 Å². The molecule has 108 valence electrons. The summed E-state index contributed by atoms with van der Waals surface area (Å²) in [4.78, 5) is 13.2. The van der Waals surface area contributed by atoms with Gasteiger partial charge in [0.2, 0.25) is 5.56 Å². The molecule has 1 aromatic carbocycles. The molecule has 2 N–H and O–H groups in total. The molecule has 0 atom stereocenters. The Hall–Kier alpha value is -2.79. The summed E-state index contributed by atoms with van der Waals surface area (Å²) in [5.41, 5.74) is -0.0431. The summed E-state index contributed by atoms with van der Waals surface area (Å²) in [7, 11) is -3.77. The zero-order chi connectivity index (χ0) is 15.3. The molecule has 1 aromatic heterocycles. The number of nitrogens with one attached hydrogen (secondary N) is 2. The Bertz CT molecular complexity index is 799. The van der Waals surface area contributed by atoms with E-state index in [2.05, 4.69) is 9.71 Å². The van der Waals surface area contributed by atoms with Crippen LogP contribution < -0.4 is 15.0 Å². The maximum atomic E-state index is 12.1. The van der Waals surface area contributed by atoms with Crippen LogP contribution in [0, 0.1) is 11.3 Å². The van der Waals surface area contributed by atoms with Crippen LogP contribution in [0.2, 0.25) is 0 Å². The summed E-state index contributed by atoms with van der Waals surface area (Å²) in [5, 5.41) is 8.39. The number of hydrogen-bond acceptors (Lipinski definition) is 5. The minimum Gasteiger partial charge on any atom is -0.479 e. The third-order valence-corrected chi connectivity index (χ3v) is 3.85. The Morgan fingerprint density at radius 1 is 1.19 bits per heavy atom. The molecule has 8 heteroatoms. The molecule has 0 aliphatic heterocycles. The lowest BCUT2D eigenvalue weighted by Crippen LogP contribution is -2.15. The highest BCUT2D eigenvalue weighted by molar-refractivity contribution is 7.92. The topological polar surface area (TPSA) is 112 Å². The zero-order valence-electron chi connectivity index (χ0n) is 10.7. The van der Waals surface area contributed by atoms with Gasteiger partial charge in [0.05, 0.1) is 0 Å². The largest absolute Gasteiger partial charge is 0.479 e. The van der Waals surface area contributed by atoms with E-state index in [1.807, 2.05) is 6.07 Å². The van der Waals surface area contributed by atoms with E-state index in [0.29, 0.717) is 11.4 Å². The van der Waals surface area contributed by atoms with Gasteiger partial charge in [0.25, 0.3) is 10.0 Å². The molecule has 7 nitrogen and oxygen atoms in total. The SMILES string of the molecule is N#CCOc1ccc(NS(=O)(=O)c2ccc(=O)[nH]c2)cc1. The number of aromatic nitrogens is 1. The van der Waals surface area contributed by atoms with Crippen molar-refractivity contribution in [1.82, 2.24) is 4.98 Å². The molecule has 0 fully saturated rings. The van der Waals surface area contributed by atoms with Gasteiger partial charge in [-0.15, -0.1) is 0 Å². The van der Waals surface area contributed by atoms with E-state index < -0.39 is 10.0 Å². The van der Waals surface area contributed by atoms with Crippen LogP contribution in [-0.2, 0) is 10.0 Å². The number of pyridine rings is 1. The van der Waals surface area contributed by atoms with E-state index in [0.717, 1.165) is 12.3 Å². The second kappa shape index (κ2) is 6.11. The maximum absolute atomic E-state index is 12.1. The summed E-state index contributed by atoms with van der Waals surface area (Å²) in [6.45, 7) is -0.0809. The van der Waals surface area contributed by atoms with Crippen molar-refractivity contribution in [1.29, 1.82) is 5.26 Å². The molecule has 1 heterocycles. The lowest BCUT2D eigenvalue weighted by atomic mass is 10.3. The summed E-state index contributed by atoms with van der Waals surface area (Å²) in [5.74, 6) is 0.462. The number of benzene rings is 1. The molecule has 0 aliphatic rings. The average molecular weight is 305 g/mol. The number of hydrogen-bond donors (Lipinski definition) is 2. The Balaban J connectivity index is 2.15. The number of H-pyrrole nitrogens is 1. The molecule has 2 rings (SSSR count). The fourth-order valence-electron chi connectivity index (χ4n) is 1.51. The average Bonchev–Trinajstić information content (AvgIpc) is 2.47. The fourth-order valence-corrected chi connectivity index (χ4v) is 2.54. The summed E-state index contributed by atoms with van der Waals surface area (Å²) in [6, 6.07) is 10.3. The van der Waals surface area contributed by atoms with Crippen LogP contribution >= 0.6 is 0 Å². The molecule has 0 bridgehead atoms. The van der Waals surface area contributed by atoms with E-state index in [-0.39, 0.29) is 17.1 Å². The first-order valence-corrected chi connectivity index (χ1v) is 7.31. The van der Waals surface area contributed by atoms with Crippen LogP contribution in [-0.4, -0.2) is 20.0 Å². The van der Waals surface area contributed by atoms with Gasteiger partial charge in [-0.05, 0) is 30.3 Å². The van der Waals surface area contributed by atoms with E-state index >= 15 is 0 Å². The third kappa shape index (κ3) is 3.84. The quantitative estimate of drug-likeness (QED) is 0.858. The lowest BCUT2D eigenvalue weighted by Gasteiger charge is -2.08. The van der Waals surface area contributed by atoms with Gasteiger partial charge in [-0.2, -0.15) is 5.26 Å². The van der Waals surface area contributed by atoms with E-state index in [1.54, 1.807) is 12.1 Å². The molecular weight excluding hydrogens is 294 g/mol. The predicted octanol–water partition coefficient (Wildman–Crippen LogP) is 1.08. The van der Waals surface area contributed by atoms with Crippen molar-refractivity contribution in [3.63, 3.8) is 0 Å². The molecule has 0 amide bonds.